The van der Waals surface area contributed by atoms with Crippen LogP contribution >= 0.6 is 0 Å². The van der Waals surface area contributed by atoms with E-state index in [0.29, 0.717) is 6.42 Å². The van der Waals surface area contributed by atoms with Crippen LogP contribution in [0.3, 0.4) is 0 Å². The summed E-state index contributed by atoms with van der Waals surface area (Å²) in [5, 5.41) is 0. The summed E-state index contributed by atoms with van der Waals surface area (Å²) in [6.07, 6.45) is 1.23. The minimum atomic E-state index is -4.35. The Bertz CT molecular complexity index is 224. The van der Waals surface area contributed by atoms with E-state index >= 15 is 0 Å². The van der Waals surface area contributed by atoms with Crippen molar-refractivity contribution in [3.63, 3.8) is 0 Å². The molecule has 0 heterocycles. The third kappa shape index (κ3) is 5.22. The van der Waals surface area contributed by atoms with E-state index in [-0.39, 0.29) is 0 Å². The van der Waals surface area contributed by atoms with E-state index in [2.05, 4.69) is 4.99 Å². The summed E-state index contributed by atoms with van der Waals surface area (Å²) in [4.78, 5) is 3.30. The molecule has 0 aliphatic carbocycles. The molecule has 0 spiro atoms. The largest absolute Gasteiger partial charge is 0.433 e. The monoisotopic (exact) mass is 191 g/mol. The molecule has 0 atom stereocenters. The molecule has 0 saturated carbocycles. The fourth-order valence-corrected chi connectivity index (χ4v) is 0.644. The lowest BCUT2D eigenvalue weighted by Crippen LogP contribution is -2.10. The van der Waals surface area contributed by atoms with Gasteiger partial charge in [0, 0.05) is 6.21 Å². The smallest absolute Gasteiger partial charge is 0.252 e. The van der Waals surface area contributed by atoms with Crippen molar-refractivity contribution >= 4 is 6.21 Å². The molecule has 74 valence electrons. The van der Waals surface area contributed by atoms with E-state index in [1.165, 1.54) is 6.08 Å². The number of rotatable bonds is 3. The van der Waals surface area contributed by atoms with Gasteiger partial charge in [0.2, 0.25) is 0 Å². The summed E-state index contributed by atoms with van der Waals surface area (Å²) in [7, 11) is 0. The Morgan fingerprint density at radius 3 is 2.38 bits per heavy atom. The van der Waals surface area contributed by atoms with E-state index in [9.17, 15) is 13.2 Å². The molecule has 1 nitrogen and oxygen atoms in total. The fraction of sp³-hybridized carbons (Fsp3) is 0.444. The molecule has 0 radical (unpaired) electrons. The van der Waals surface area contributed by atoms with Crippen LogP contribution in [-0.4, -0.2) is 12.4 Å². The van der Waals surface area contributed by atoms with E-state index in [1.54, 1.807) is 19.9 Å². The highest BCUT2D eigenvalue weighted by Crippen LogP contribution is 2.26. The average Bonchev–Trinajstić information content (AvgIpc) is 2.01. The quantitative estimate of drug-likeness (QED) is 0.605. The first-order chi connectivity index (χ1) is 6.02. The van der Waals surface area contributed by atoms with Gasteiger partial charge in [-0.25, -0.2) is 0 Å². The van der Waals surface area contributed by atoms with Gasteiger partial charge in [-0.15, -0.1) is 0 Å². The van der Waals surface area contributed by atoms with E-state index in [0.717, 1.165) is 12.3 Å². The van der Waals surface area contributed by atoms with Crippen molar-refractivity contribution < 1.29 is 13.2 Å². The van der Waals surface area contributed by atoms with Crippen LogP contribution in [0.4, 0.5) is 13.2 Å². The predicted octanol–water partition coefficient (Wildman–Crippen LogP) is 3.49. The maximum Gasteiger partial charge on any atom is 0.433 e. The lowest BCUT2D eigenvalue weighted by atomic mass is 10.3. The third-order valence-electron chi connectivity index (χ3n) is 1.18. The van der Waals surface area contributed by atoms with Gasteiger partial charge >= 0.3 is 6.18 Å². The van der Waals surface area contributed by atoms with Crippen LogP contribution < -0.4 is 0 Å². The molecule has 0 N–H and O–H groups in total. The van der Waals surface area contributed by atoms with E-state index in [1.807, 2.05) is 0 Å². The minimum absolute atomic E-state index is 0.321. The van der Waals surface area contributed by atoms with Crippen LogP contribution in [-0.2, 0) is 0 Å². The van der Waals surface area contributed by atoms with Gasteiger partial charge in [-0.2, -0.15) is 13.2 Å². The molecule has 0 rings (SSSR count). The van der Waals surface area contributed by atoms with Crippen molar-refractivity contribution in [3.05, 3.63) is 23.9 Å². The molecular weight excluding hydrogens is 179 g/mol. The van der Waals surface area contributed by atoms with Crippen LogP contribution in [0.15, 0.2) is 28.9 Å². The Kier molecular flexibility index (Phi) is 5.11. The molecule has 0 fully saturated rings. The SMILES string of the molecule is C\C=C/C=N/C(=C/CC)C(F)(F)F. The van der Waals surface area contributed by atoms with Gasteiger partial charge in [0.25, 0.3) is 0 Å². The molecule has 0 aliphatic rings. The number of halogens is 3. The summed E-state index contributed by atoms with van der Waals surface area (Å²) in [5.74, 6) is 0. The molecule has 4 heteroatoms. The highest BCUT2D eigenvalue weighted by molar-refractivity contribution is 5.72. The summed E-state index contributed by atoms with van der Waals surface area (Å²) in [5.41, 5.74) is -0.840. The normalized spacial score (nSPS) is 14.7. The number of alkyl halides is 3. The van der Waals surface area contributed by atoms with Crippen LogP contribution in [0.5, 0.6) is 0 Å². The molecule has 0 aromatic carbocycles. The summed E-state index contributed by atoms with van der Waals surface area (Å²) < 4.78 is 36.4. The standard InChI is InChI=1S/C9H12F3N/c1-3-5-7-13-8(6-4-2)9(10,11)12/h3,5-7H,4H2,1-2H3/b5-3-,8-6+,13-7+. The van der Waals surface area contributed by atoms with E-state index in [4.69, 9.17) is 0 Å². The van der Waals surface area contributed by atoms with Gasteiger partial charge in [-0.1, -0.05) is 19.1 Å². The maximum atomic E-state index is 12.1. The highest BCUT2D eigenvalue weighted by atomic mass is 19.4. The highest BCUT2D eigenvalue weighted by Gasteiger charge is 2.32. The summed E-state index contributed by atoms with van der Waals surface area (Å²) in [6, 6.07) is 0. The second-order valence-corrected chi connectivity index (χ2v) is 2.30. The van der Waals surface area contributed by atoms with Gasteiger partial charge < -0.3 is 0 Å². The Hall–Kier alpha value is -1.06. The van der Waals surface area contributed by atoms with Crippen molar-refractivity contribution in [1.29, 1.82) is 0 Å². The lowest BCUT2D eigenvalue weighted by molar-refractivity contribution is -0.0925. The molecule has 0 aromatic rings. The van der Waals surface area contributed by atoms with Crippen molar-refractivity contribution in [1.82, 2.24) is 0 Å². The zero-order valence-corrected chi connectivity index (χ0v) is 7.60. The van der Waals surface area contributed by atoms with Gasteiger partial charge in [0.05, 0.1) is 0 Å². The topological polar surface area (TPSA) is 12.4 Å². The second kappa shape index (κ2) is 5.56. The first-order valence-corrected chi connectivity index (χ1v) is 3.95. The van der Waals surface area contributed by atoms with Crippen molar-refractivity contribution in [2.75, 3.05) is 0 Å². The molecule has 0 aliphatic heterocycles. The van der Waals surface area contributed by atoms with Gasteiger partial charge in [-0.3, -0.25) is 4.99 Å². The van der Waals surface area contributed by atoms with Crippen molar-refractivity contribution in [3.8, 4) is 0 Å². The molecule has 0 bridgehead atoms. The van der Waals surface area contributed by atoms with Crippen LogP contribution in [0.25, 0.3) is 0 Å². The van der Waals surface area contributed by atoms with Gasteiger partial charge in [0.1, 0.15) is 5.70 Å². The molecule has 0 amide bonds. The molecule has 0 saturated heterocycles. The summed E-state index contributed by atoms with van der Waals surface area (Å²) >= 11 is 0. The second-order valence-electron chi connectivity index (χ2n) is 2.30. The average molecular weight is 191 g/mol. The predicted molar refractivity (Wildman–Crippen MR) is 47.7 cm³/mol. The Morgan fingerprint density at radius 2 is 2.00 bits per heavy atom. The van der Waals surface area contributed by atoms with E-state index < -0.39 is 11.9 Å². The lowest BCUT2D eigenvalue weighted by Gasteiger charge is -2.05. The van der Waals surface area contributed by atoms with Crippen molar-refractivity contribution in [2.24, 2.45) is 4.99 Å². The number of aliphatic imine (C=N–C) groups is 1. The van der Waals surface area contributed by atoms with Crippen molar-refractivity contribution in [2.45, 2.75) is 26.4 Å². The number of hydrogen-bond donors (Lipinski definition) is 0. The molecular formula is C9H12F3N. The van der Waals surface area contributed by atoms with Crippen LogP contribution in [0.2, 0.25) is 0 Å². The molecule has 0 unspecified atom stereocenters. The Balaban J connectivity index is 4.55. The number of nitrogens with zero attached hydrogens (tertiary/aromatic N) is 1. The minimum Gasteiger partial charge on any atom is -0.252 e. The Labute approximate surface area is 75.7 Å². The van der Waals surface area contributed by atoms with Gasteiger partial charge in [0.15, 0.2) is 0 Å². The fourth-order valence-electron chi connectivity index (χ4n) is 0.644. The van der Waals surface area contributed by atoms with Crippen LogP contribution in [0, 0.1) is 0 Å². The Morgan fingerprint density at radius 1 is 1.38 bits per heavy atom. The van der Waals surface area contributed by atoms with Crippen LogP contribution in [0.1, 0.15) is 20.3 Å². The zero-order valence-electron chi connectivity index (χ0n) is 7.60. The molecule has 0 aromatic heterocycles. The first kappa shape index (κ1) is 11.9. The zero-order chi connectivity index (χ0) is 10.3. The van der Waals surface area contributed by atoms with Gasteiger partial charge in [-0.05, 0) is 19.4 Å². The molecule has 13 heavy (non-hydrogen) atoms. The first-order valence-electron chi connectivity index (χ1n) is 3.95. The summed E-state index contributed by atoms with van der Waals surface area (Å²) in [6.45, 7) is 3.35. The number of allylic oxidation sites excluding steroid dienone is 4. The third-order valence-corrected chi connectivity index (χ3v) is 1.18. The maximum absolute atomic E-state index is 12.1. The number of hydrogen-bond acceptors (Lipinski definition) is 1.